The number of likely N-dealkylation sites (N-methyl/N-ethyl adjacent to an activating group) is 1. The Bertz CT molecular complexity index is 1740. The van der Waals surface area contributed by atoms with Crippen LogP contribution in [0.25, 0.3) is 52.0 Å². The minimum Gasteiger partial charge on any atom is -0.384 e. The van der Waals surface area contributed by atoms with Gasteiger partial charge in [0, 0.05) is 54.6 Å². The first-order valence-corrected chi connectivity index (χ1v) is 12.3. The van der Waals surface area contributed by atoms with E-state index >= 15 is 0 Å². The van der Waals surface area contributed by atoms with Crippen molar-refractivity contribution in [3.63, 3.8) is 0 Å². The zero-order valence-electron chi connectivity index (χ0n) is 21.9. The Morgan fingerprint density at radius 2 is 2.08 bits per heavy atom. The van der Waals surface area contributed by atoms with Crippen molar-refractivity contribution in [3.05, 3.63) is 70.9 Å². The quantitative estimate of drug-likeness (QED) is 0.296. The van der Waals surface area contributed by atoms with E-state index in [0.717, 1.165) is 28.4 Å². The van der Waals surface area contributed by atoms with Crippen molar-refractivity contribution in [1.82, 2.24) is 39.8 Å². The summed E-state index contributed by atoms with van der Waals surface area (Å²) in [7, 11) is 5.88. The lowest BCUT2D eigenvalue weighted by atomic mass is 10.1. The van der Waals surface area contributed by atoms with Gasteiger partial charge in [-0.15, -0.1) is 0 Å². The number of hydrogen-bond donors (Lipinski definition) is 3. The number of aryl methyl sites for hydroxylation is 1. The fourth-order valence-electron chi connectivity index (χ4n) is 4.29. The van der Waals surface area contributed by atoms with Gasteiger partial charge < -0.3 is 15.2 Å². The number of imidazole rings is 1. The highest BCUT2D eigenvalue weighted by Gasteiger charge is 2.16. The van der Waals surface area contributed by atoms with Crippen molar-refractivity contribution in [1.29, 1.82) is 0 Å². The van der Waals surface area contributed by atoms with Gasteiger partial charge in [-0.25, -0.2) is 9.37 Å². The summed E-state index contributed by atoms with van der Waals surface area (Å²) in [5, 5.41) is 16.5. The van der Waals surface area contributed by atoms with Crippen LogP contribution in [0.2, 0.25) is 0 Å². The van der Waals surface area contributed by atoms with Crippen LogP contribution in [0.15, 0.2) is 48.9 Å². The molecule has 0 unspecified atom stereocenters. The number of nitrogens with one attached hydrogen (secondary N) is 3. The molecule has 4 heterocycles. The zero-order chi connectivity index (χ0) is 26.8. The molecule has 0 saturated carbocycles. The fraction of sp³-hybridized carbons (Fsp3) is 0.214. The number of fused-ring (bicyclic) bond motifs is 1. The van der Waals surface area contributed by atoms with Gasteiger partial charge in [0.2, 0.25) is 0 Å². The van der Waals surface area contributed by atoms with Gasteiger partial charge in [0.1, 0.15) is 17.0 Å². The smallest absolute Gasteiger partial charge is 0.159 e. The van der Waals surface area contributed by atoms with Crippen molar-refractivity contribution in [2.24, 2.45) is 7.05 Å². The molecule has 0 bridgehead atoms. The van der Waals surface area contributed by atoms with E-state index in [2.05, 4.69) is 42.1 Å². The molecular weight excluding hydrogens is 481 g/mol. The van der Waals surface area contributed by atoms with Crippen LogP contribution in [0.1, 0.15) is 12.5 Å². The second-order valence-electron chi connectivity index (χ2n) is 9.36. The van der Waals surface area contributed by atoms with E-state index in [-0.39, 0.29) is 5.82 Å². The molecule has 0 aliphatic heterocycles. The van der Waals surface area contributed by atoms with Crippen molar-refractivity contribution in [2.75, 3.05) is 32.5 Å². The lowest BCUT2D eigenvalue weighted by molar-refractivity contribution is 0.425. The lowest BCUT2D eigenvalue weighted by Crippen LogP contribution is -2.22. The number of nitrogens with zero attached hydrogens (tertiary/aromatic N) is 6. The molecule has 4 aromatic heterocycles. The normalized spacial score (nSPS) is 12.7. The van der Waals surface area contributed by atoms with Gasteiger partial charge in [0.25, 0.3) is 0 Å². The number of anilines is 1. The Kier molecular flexibility index (Phi) is 6.89. The molecule has 0 saturated heterocycles. The third-order valence-electron chi connectivity index (χ3n) is 6.22. The Hall–Kier alpha value is -4.57. The third kappa shape index (κ3) is 5.12. The van der Waals surface area contributed by atoms with Crippen LogP contribution >= 0.6 is 0 Å². The number of pyridine rings is 1. The van der Waals surface area contributed by atoms with Gasteiger partial charge in [-0.05, 0) is 56.9 Å². The van der Waals surface area contributed by atoms with Crippen molar-refractivity contribution < 1.29 is 4.39 Å². The molecule has 5 rings (SSSR count). The van der Waals surface area contributed by atoms with E-state index in [0.29, 0.717) is 45.9 Å². The highest BCUT2D eigenvalue weighted by molar-refractivity contribution is 5.92. The monoisotopic (exact) mass is 511 g/mol. The molecule has 1 aromatic carbocycles. The summed E-state index contributed by atoms with van der Waals surface area (Å²) in [4.78, 5) is 14.8. The van der Waals surface area contributed by atoms with E-state index in [1.54, 1.807) is 10.9 Å². The molecule has 0 amide bonds. The molecule has 38 heavy (non-hydrogen) atoms. The Balaban J connectivity index is 1.57. The zero-order valence-corrected chi connectivity index (χ0v) is 21.9. The average molecular weight is 512 g/mol. The minimum absolute atomic E-state index is 0.343. The van der Waals surface area contributed by atoms with Crippen molar-refractivity contribution in [2.45, 2.75) is 6.92 Å². The van der Waals surface area contributed by atoms with Crippen molar-refractivity contribution >= 4 is 34.9 Å². The number of rotatable bonds is 8. The molecule has 9 nitrogen and oxygen atoms in total. The van der Waals surface area contributed by atoms with E-state index in [4.69, 9.17) is 4.98 Å². The van der Waals surface area contributed by atoms with Crippen LogP contribution in [0.5, 0.6) is 0 Å². The number of allylic oxidation sites excluding steroid dienone is 2. The average Bonchev–Trinajstić information content (AvgIpc) is 3.60. The summed E-state index contributed by atoms with van der Waals surface area (Å²) in [6, 6.07) is 6.70. The van der Waals surface area contributed by atoms with Crippen LogP contribution in [-0.2, 0) is 7.05 Å². The van der Waals surface area contributed by atoms with Crippen LogP contribution in [0, 0.1) is 5.82 Å². The number of hydrogen-bond acceptors (Lipinski definition) is 6. The Morgan fingerprint density at radius 1 is 1.24 bits per heavy atom. The van der Waals surface area contributed by atoms with E-state index in [1.165, 1.54) is 12.1 Å². The van der Waals surface area contributed by atoms with Crippen molar-refractivity contribution in [3.8, 4) is 22.8 Å². The molecular formula is C28H30FN9. The molecule has 0 aliphatic rings. The van der Waals surface area contributed by atoms with E-state index in [9.17, 15) is 4.39 Å². The number of H-pyrrole nitrogens is 2. The maximum atomic E-state index is 14.6. The molecule has 10 heteroatoms. The summed E-state index contributed by atoms with van der Waals surface area (Å²) in [5.41, 5.74) is 5.92. The number of halogens is 1. The van der Waals surface area contributed by atoms with Gasteiger partial charge in [-0.3, -0.25) is 14.8 Å². The number of aromatic amines is 2. The summed E-state index contributed by atoms with van der Waals surface area (Å²) in [6.45, 7) is 7.62. The second kappa shape index (κ2) is 10.4. The van der Waals surface area contributed by atoms with Gasteiger partial charge in [-0.2, -0.15) is 10.2 Å². The van der Waals surface area contributed by atoms with Gasteiger partial charge >= 0.3 is 0 Å². The predicted octanol–water partition coefficient (Wildman–Crippen LogP) is 3.16. The molecule has 0 atom stereocenters. The maximum Gasteiger partial charge on any atom is 0.159 e. The fourth-order valence-corrected chi connectivity index (χ4v) is 4.29. The SMILES string of the molecule is C=c1[nH]nc(-c2nc3c(-c4cc(F)cc(NCCN(C)C)c4)nccc3[nH]2)/c1=C/C(=C\C)c1cnn(C)c1. The topological polar surface area (TPSA) is 103 Å². The number of aromatic nitrogens is 7. The summed E-state index contributed by atoms with van der Waals surface area (Å²) < 4.78 is 16.3. The first-order chi connectivity index (χ1) is 18.3. The van der Waals surface area contributed by atoms with Crippen LogP contribution in [-0.4, -0.2) is 67.0 Å². The van der Waals surface area contributed by atoms with E-state index in [1.807, 2.05) is 64.7 Å². The third-order valence-corrected chi connectivity index (χ3v) is 6.22. The summed E-state index contributed by atoms with van der Waals surface area (Å²) in [6.07, 6.45) is 9.49. The standard InChI is InChI=1S/C28H30FN9/c1-6-18(20-15-32-38(5)16-20)13-23-17(2)35-36-26(23)28-33-24-7-8-31-25(27(24)34-28)19-11-21(29)14-22(12-19)30-9-10-37(3)4/h6-8,11-16,30,35H,2,9-10H2,1,3-5H3,(H,33,34)/b18-6+,23-13+. The van der Waals surface area contributed by atoms with Crippen LogP contribution in [0.4, 0.5) is 10.1 Å². The Morgan fingerprint density at radius 3 is 2.82 bits per heavy atom. The molecule has 0 radical (unpaired) electrons. The summed E-state index contributed by atoms with van der Waals surface area (Å²) >= 11 is 0. The van der Waals surface area contributed by atoms with Crippen LogP contribution in [0.3, 0.4) is 0 Å². The second-order valence-corrected chi connectivity index (χ2v) is 9.36. The first-order valence-electron chi connectivity index (χ1n) is 12.3. The minimum atomic E-state index is -0.343. The largest absolute Gasteiger partial charge is 0.384 e. The molecule has 0 aliphatic carbocycles. The van der Waals surface area contributed by atoms with E-state index < -0.39 is 0 Å². The van der Waals surface area contributed by atoms with Gasteiger partial charge in [0.15, 0.2) is 5.82 Å². The maximum absolute atomic E-state index is 14.6. The molecule has 3 N–H and O–H groups in total. The highest BCUT2D eigenvalue weighted by Crippen LogP contribution is 2.29. The number of benzene rings is 1. The van der Waals surface area contributed by atoms with Gasteiger partial charge in [0.05, 0.1) is 22.8 Å². The summed E-state index contributed by atoms with van der Waals surface area (Å²) in [5.74, 6) is 0.221. The molecule has 0 fully saturated rings. The highest BCUT2D eigenvalue weighted by atomic mass is 19.1. The van der Waals surface area contributed by atoms with Crippen LogP contribution < -0.4 is 15.9 Å². The van der Waals surface area contributed by atoms with Gasteiger partial charge in [-0.1, -0.05) is 12.7 Å². The predicted molar refractivity (Wildman–Crippen MR) is 150 cm³/mol. The Labute approximate surface area is 219 Å². The molecule has 194 valence electrons. The lowest BCUT2D eigenvalue weighted by Gasteiger charge is -2.12. The molecule has 5 aromatic rings. The first kappa shape index (κ1) is 25.1. The molecule has 0 spiro atoms.